The molecule has 1 amide bonds. The number of carbonyl (C=O) groups excluding carboxylic acids is 1. The van der Waals surface area contributed by atoms with Gasteiger partial charge in [-0.25, -0.2) is 0 Å². The molecule has 0 bridgehead atoms. The van der Waals surface area contributed by atoms with E-state index in [1.807, 2.05) is 7.05 Å². The molecule has 0 saturated carbocycles. The fourth-order valence-electron chi connectivity index (χ4n) is 3.30. The molecular formula is C16H28N2O. The third-order valence-corrected chi connectivity index (χ3v) is 4.56. The van der Waals surface area contributed by atoms with Crippen molar-refractivity contribution in [1.82, 2.24) is 10.2 Å². The normalized spacial score (nSPS) is 31.9. The van der Waals surface area contributed by atoms with Crippen molar-refractivity contribution in [2.24, 2.45) is 5.41 Å². The number of nitrogens with one attached hydrogen (secondary N) is 1. The monoisotopic (exact) mass is 264 g/mol. The zero-order valence-electron chi connectivity index (χ0n) is 12.6. The molecule has 2 atom stereocenters. The molecule has 2 unspecified atom stereocenters. The van der Waals surface area contributed by atoms with Gasteiger partial charge in [-0.2, -0.15) is 0 Å². The molecule has 108 valence electrons. The quantitative estimate of drug-likeness (QED) is 0.778. The van der Waals surface area contributed by atoms with Crippen LogP contribution in [0.2, 0.25) is 0 Å². The number of hydrogen-bond acceptors (Lipinski definition) is 2. The molecule has 3 heteroatoms. The molecule has 19 heavy (non-hydrogen) atoms. The van der Waals surface area contributed by atoms with Crippen molar-refractivity contribution in [3.05, 3.63) is 12.2 Å². The summed E-state index contributed by atoms with van der Waals surface area (Å²) in [4.78, 5) is 14.9. The Kier molecular flexibility index (Phi) is 4.67. The highest BCUT2D eigenvalue weighted by molar-refractivity contribution is 5.82. The first-order chi connectivity index (χ1) is 9.03. The lowest BCUT2D eigenvalue weighted by molar-refractivity contribution is -0.136. The summed E-state index contributed by atoms with van der Waals surface area (Å²) in [5.74, 6) is 0.313. The molecular weight excluding hydrogens is 236 g/mol. The third kappa shape index (κ3) is 3.59. The van der Waals surface area contributed by atoms with Gasteiger partial charge in [-0.1, -0.05) is 26.0 Å². The fraction of sp³-hybridized carbons (Fsp3) is 0.812. The van der Waals surface area contributed by atoms with E-state index in [-0.39, 0.29) is 11.5 Å². The standard InChI is InChI=1S/C16H28N2O/c1-16(2)11-10-14(17-3)15(19)18(12-16)13-8-6-4-5-7-9-13/h4,6,13-14,17H,5,7-12H2,1-3H3. The molecule has 0 aromatic carbocycles. The average molecular weight is 264 g/mol. The Morgan fingerprint density at radius 2 is 2.11 bits per heavy atom. The van der Waals surface area contributed by atoms with Crippen LogP contribution in [0.5, 0.6) is 0 Å². The first kappa shape index (κ1) is 14.6. The summed E-state index contributed by atoms with van der Waals surface area (Å²) < 4.78 is 0. The Balaban J connectivity index is 2.17. The van der Waals surface area contributed by atoms with E-state index in [1.54, 1.807) is 0 Å². The maximum atomic E-state index is 12.7. The minimum atomic E-state index is 0.00834. The van der Waals surface area contributed by atoms with Gasteiger partial charge in [0, 0.05) is 12.6 Å². The van der Waals surface area contributed by atoms with Crippen LogP contribution in [0.4, 0.5) is 0 Å². The first-order valence-corrected chi connectivity index (χ1v) is 7.66. The van der Waals surface area contributed by atoms with Gasteiger partial charge in [-0.3, -0.25) is 4.79 Å². The molecule has 1 heterocycles. The van der Waals surface area contributed by atoms with Gasteiger partial charge < -0.3 is 10.2 Å². The van der Waals surface area contributed by atoms with Crippen LogP contribution >= 0.6 is 0 Å². The molecule has 2 aliphatic rings. The molecule has 0 spiro atoms. The van der Waals surface area contributed by atoms with Gasteiger partial charge in [0.05, 0.1) is 6.04 Å². The largest absolute Gasteiger partial charge is 0.338 e. The molecule has 3 nitrogen and oxygen atoms in total. The van der Waals surface area contributed by atoms with Crippen molar-refractivity contribution < 1.29 is 4.79 Å². The summed E-state index contributed by atoms with van der Waals surface area (Å²) in [5, 5.41) is 3.21. The summed E-state index contributed by atoms with van der Waals surface area (Å²) in [7, 11) is 1.91. The van der Waals surface area contributed by atoms with E-state index in [1.165, 1.54) is 6.42 Å². The van der Waals surface area contributed by atoms with Crippen LogP contribution in [-0.4, -0.2) is 36.5 Å². The Morgan fingerprint density at radius 3 is 2.84 bits per heavy atom. The van der Waals surface area contributed by atoms with Crippen molar-refractivity contribution >= 4 is 5.91 Å². The number of likely N-dealkylation sites (tertiary alicyclic amines) is 1. The lowest BCUT2D eigenvalue weighted by Crippen LogP contribution is -2.49. The maximum Gasteiger partial charge on any atom is 0.239 e. The number of rotatable bonds is 2. The van der Waals surface area contributed by atoms with Gasteiger partial charge in [0.25, 0.3) is 0 Å². The Labute approximate surface area is 117 Å². The number of likely N-dealkylation sites (N-methyl/N-ethyl adjacent to an activating group) is 1. The van der Waals surface area contributed by atoms with Gasteiger partial charge in [-0.15, -0.1) is 0 Å². The number of hydrogen-bond donors (Lipinski definition) is 1. The zero-order chi connectivity index (χ0) is 13.9. The van der Waals surface area contributed by atoms with Crippen LogP contribution in [-0.2, 0) is 4.79 Å². The van der Waals surface area contributed by atoms with Gasteiger partial charge in [0.2, 0.25) is 5.91 Å². The Hall–Kier alpha value is -0.830. The minimum Gasteiger partial charge on any atom is -0.338 e. The Bertz CT molecular complexity index is 349. The highest BCUT2D eigenvalue weighted by atomic mass is 16.2. The molecule has 0 radical (unpaired) electrons. The molecule has 0 aromatic heterocycles. The molecule has 2 rings (SSSR count). The van der Waals surface area contributed by atoms with Crippen LogP contribution in [0.15, 0.2) is 12.2 Å². The summed E-state index contributed by atoms with van der Waals surface area (Å²) >= 11 is 0. The van der Waals surface area contributed by atoms with Crippen LogP contribution in [0.1, 0.15) is 52.4 Å². The lowest BCUT2D eigenvalue weighted by Gasteiger charge is -2.36. The van der Waals surface area contributed by atoms with Crippen LogP contribution in [0, 0.1) is 5.41 Å². The molecule has 1 aliphatic carbocycles. The van der Waals surface area contributed by atoms with Gasteiger partial charge in [-0.05, 0) is 51.0 Å². The summed E-state index contributed by atoms with van der Waals surface area (Å²) in [6, 6.07) is 0.411. The van der Waals surface area contributed by atoms with Gasteiger partial charge in [0.15, 0.2) is 0 Å². The van der Waals surface area contributed by atoms with E-state index >= 15 is 0 Å². The second kappa shape index (κ2) is 6.08. The third-order valence-electron chi connectivity index (χ3n) is 4.56. The van der Waals surface area contributed by atoms with E-state index in [4.69, 9.17) is 0 Å². The van der Waals surface area contributed by atoms with E-state index < -0.39 is 0 Å². The summed E-state index contributed by atoms with van der Waals surface area (Å²) in [6.45, 7) is 5.48. The Morgan fingerprint density at radius 1 is 1.32 bits per heavy atom. The zero-order valence-corrected chi connectivity index (χ0v) is 12.6. The topological polar surface area (TPSA) is 32.3 Å². The number of amides is 1. The van der Waals surface area contributed by atoms with E-state index in [0.717, 1.165) is 38.6 Å². The van der Waals surface area contributed by atoms with Crippen molar-refractivity contribution in [1.29, 1.82) is 0 Å². The molecule has 0 aromatic rings. The van der Waals surface area contributed by atoms with Crippen molar-refractivity contribution in [3.8, 4) is 0 Å². The first-order valence-electron chi connectivity index (χ1n) is 7.66. The average Bonchev–Trinajstić information content (AvgIpc) is 2.69. The number of allylic oxidation sites excluding steroid dienone is 1. The predicted octanol–water partition coefficient (Wildman–Crippen LogP) is 2.72. The smallest absolute Gasteiger partial charge is 0.239 e. The second-order valence-corrected chi connectivity index (χ2v) is 6.80. The maximum absolute atomic E-state index is 12.7. The molecule has 1 aliphatic heterocycles. The van der Waals surface area contributed by atoms with Crippen molar-refractivity contribution in [3.63, 3.8) is 0 Å². The molecule has 1 saturated heterocycles. The number of nitrogens with zero attached hydrogens (tertiary/aromatic N) is 1. The van der Waals surface area contributed by atoms with Crippen LogP contribution in [0.3, 0.4) is 0 Å². The summed E-state index contributed by atoms with van der Waals surface area (Å²) in [6.07, 6.45) is 11.1. The molecule has 1 fully saturated rings. The fourth-order valence-corrected chi connectivity index (χ4v) is 3.30. The van der Waals surface area contributed by atoms with Crippen molar-refractivity contribution in [2.45, 2.75) is 64.5 Å². The van der Waals surface area contributed by atoms with E-state index in [9.17, 15) is 4.79 Å². The van der Waals surface area contributed by atoms with Crippen LogP contribution in [0.25, 0.3) is 0 Å². The predicted molar refractivity (Wildman–Crippen MR) is 79.0 cm³/mol. The van der Waals surface area contributed by atoms with Crippen molar-refractivity contribution in [2.75, 3.05) is 13.6 Å². The van der Waals surface area contributed by atoms with Gasteiger partial charge >= 0.3 is 0 Å². The van der Waals surface area contributed by atoms with Gasteiger partial charge in [0.1, 0.15) is 0 Å². The lowest BCUT2D eigenvalue weighted by atomic mass is 9.87. The van der Waals surface area contributed by atoms with E-state index in [2.05, 4.69) is 36.2 Å². The highest BCUT2D eigenvalue weighted by Crippen LogP contribution is 2.31. The van der Waals surface area contributed by atoms with E-state index in [0.29, 0.717) is 11.9 Å². The SMILES string of the molecule is CNC1CCC(C)(C)CN(C2CC=CCCC2)C1=O. The molecule has 1 N–H and O–H groups in total. The van der Waals surface area contributed by atoms with Crippen LogP contribution < -0.4 is 5.32 Å². The summed E-state index contributed by atoms with van der Waals surface area (Å²) in [5.41, 5.74) is 0.233. The highest BCUT2D eigenvalue weighted by Gasteiger charge is 2.36. The minimum absolute atomic E-state index is 0.00834. The second-order valence-electron chi connectivity index (χ2n) is 6.80. The number of carbonyl (C=O) groups is 1.